The molecule has 108 valence electrons. The third-order valence-electron chi connectivity index (χ3n) is 3.35. The highest BCUT2D eigenvalue weighted by Crippen LogP contribution is 2.24. The number of hydrogen-bond acceptors (Lipinski definition) is 5. The van der Waals surface area contributed by atoms with Crippen molar-refractivity contribution in [2.45, 2.75) is 6.54 Å². The summed E-state index contributed by atoms with van der Waals surface area (Å²) in [6.07, 6.45) is 1.61. The Morgan fingerprint density at radius 3 is 2.67 bits per heavy atom. The summed E-state index contributed by atoms with van der Waals surface area (Å²) in [5.74, 6) is 3.17. The first kappa shape index (κ1) is 15.4. The molecule has 0 unspecified atom stereocenters. The van der Waals surface area contributed by atoms with Crippen LogP contribution in [0.4, 0.5) is 0 Å². The van der Waals surface area contributed by atoms with Gasteiger partial charge in [0.2, 0.25) is 0 Å². The lowest BCUT2D eigenvalue weighted by Gasteiger charge is -2.26. The molecule has 0 aliphatic carbocycles. The van der Waals surface area contributed by atoms with Gasteiger partial charge in [0.1, 0.15) is 23.5 Å². The Labute approximate surface area is 129 Å². The largest absolute Gasteiger partial charge is 0.496 e. The fourth-order valence-corrected chi connectivity index (χ4v) is 3.25. The number of methoxy groups -OCH3 is 1. The molecular weight excluding hydrogens is 282 g/mol. The van der Waals surface area contributed by atoms with Gasteiger partial charge >= 0.3 is 0 Å². The average Bonchev–Trinajstić information content (AvgIpc) is 2.54. The SMILES string of the molecule is COc1ccc(C=C(C#N)C#N)cc1CN1CCSCC1. The molecule has 21 heavy (non-hydrogen) atoms. The van der Waals surface area contributed by atoms with Gasteiger partial charge in [0, 0.05) is 36.7 Å². The third-order valence-corrected chi connectivity index (χ3v) is 4.30. The van der Waals surface area contributed by atoms with Gasteiger partial charge in [-0.1, -0.05) is 6.07 Å². The van der Waals surface area contributed by atoms with Crippen LogP contribution >= 0.6 is 11.8 Å². The van der Waals surface area contributed by atoms with Crippen molar-refractivity contribution < 1.29 is 4.74 Å². The molecule has 2 rings (SSSR count). The van der Waals surface area contributed by atoms with E-state index in [1.54, 1.807) is 13.2 Å². The summed E-state index contributed by atoms with van der Waals surface area (Å²) in [6.45, 7) is 2.99. The smallest absolute Gasteiger partial charge is 0.130 e. The van der Waals surface area contributed by atoms with E-state index in [1.807, 2.05) is 42.1 Å². The van der Waals surface area contributed by atoms with Crippen molar-refractivity contribution in [3.63, 3.8) is 0 Å². The van der Waals surface area contributed by atoms with Crippen LogP contribution in [0, 0.1) is 22.7 Å². The molecular formula is C16H17N3OS. The topological polar surface area (TPSA) is 60.0 Å². The molecule has 1 saturated heterocycles. The molecule has 1 aliphatic rings. The zero-order valence-electron chi connectivity index (χ0n) is 12.0. The highest BCUT2D eigenvalue weighted by molar-refractivity contribution is 7.99. The predicted molar refractivity (Wildman–Crippen MR) is 84.8 cm³/mol. The summed E-state index contributed by atoms with van der Waals surface area (Å²) in [4.78, 5) is 2.40. The fourth-order valence-electron chi connectivity index (χ4n) is 2.27. The van der Waals surface area contributed by atoms with Crippen LogP contribution in [0.2, 0.25) is 0 Å². The summed E-state index contributed by atoms with van der Waals surface area (Å²) in [6, 6.07) is 9.52. The summed E-state index contributed by atoms with van der Waals surface area (Å²) in [5.41, 5.74) is 2.06. The minimum atomic E-state index is 0.112. The van der Waals surface area contributed by atoms with E-state index in [2.05, 4.69) is 4.90 Å². The normalized spacial score (nSPS) is 14.8. The molecule has 1 aromatic rings. The van der Waals surface area contributed by atoms with Crippen LogP contribution in [0.5, 0.6) is 5.75 Å². The van der Waals surface area contributed by atoms with Crippen LogP contribution in [0.25, 0.3) is 6.08 Å². The van der Waals surface area contributed by atoms with E-state index in [-0.39, 0.29) is 5.57 Å². The number of allylic oxidation sites excluding steroid dienone is 1. The van der Waals surface area contributed by atoms with Gasteiger partial charge in [0.25, 0.3) is 0 Å². The van der Waals surface area contributed by atoms with Gasteiger partial charge in [0.05, 0.1) is 7.11 Å². The monoisotopic (exact) mass is 299 g/mol. The van der Waals surface area contributed by atoms with Gasteiger partial charge in [-0.3, -0.25) is 4.90 Å². The van der Waals surface area contributed by atoms with Crippen molar-refractivity contribution in [3.8, 4) is 17.9 Å². The molecule has 1 aromatic carbocycles. The zero-order valence-corrected chi connectivity index (χ0v) is 12.8. The van der Waals surface area contributed by atoms with Crippen molar-refractivity contribution in [3.05, 3.63) is 34.9 Å². The second kappa shape index (κ2) is 7.73. The zero-order chi connectivity index (χ0) is 15.1. The van der Waals surface area contributed by atoms with E-state index in [0.29, 0.717) is 0 Å². The lowest BCUT2D eigenvalue weighted by molar-refractivity contribution is 0.288. The summed E-state index contributed by atoms with van der Waals surface area (Å²) in [5, 5.41) is 17.7. The maximum Gasteiger partial charge on any atom is 0.130 e. The van der Waals surface area contributed by atoms with Crippen molar-refractivity contribution in [1.29, 1.82) is 10.5 Å². The maximum atomic E-state index is 8.84. The highest BCUT2D eigenvalue weighted by Gasteiger charge is 2.13. The van der Waals surface area contributed by atoms with Crippen LogP contribution in [0.1, 0.15) is 11.1 Å². The molecule has 1 heterocycles. The van der Waals surface area contributed by atoms with Crippen molar-refractivity contribution in [2.75, 3.05) is 31.7 Å². The maximum absolute atomic E-state index is 8.84. The van der Waals surface area contributed by atoms with Gasteiger partial charge in [-0.25, -0.2) is 0 Å². The molecule has 5 heteroatoms. The summed E-state index contributed by atoms with van der Waals surface area (Å²) in [7, 11) is 1.66. The second-order valence-electron chi connectivity index (χ2n) is 4.74. The van der Waals surface area contributed by atoms with Gasteiger partial charge in [-0.05, 0) is 23.8 Å². The molecule has 1 fully saturated rings. The number of nitriles is 2. The van der Waals surface area contributed by atoms with Crippen molar-refractivity contribution in [1.82, 2.24) is 4.90 Å². The number of hydrogen-bond donors (Lipinski definition) is 0. The van der Waals surface area contributed by atoms with Crippen molar-refractivity contribution >= 4 is 17.8 Å². The van der Waals surface area contributed by atoms with Crippen LogP contribution in [-0.2, 0) is 6.54 Å². The van der Waals surface area contributed by atoms with E-state index in [0.717, 1.165) is 48.0 Å². The molecule has 4 nitrogen and oxygen atoms in total. The quantitative estimate of drug-likeness (QED) is 0.800. The van der Waals surface area contributed by atoms with Crippen LogP contribution in [-0.4, -0.2) is 36.6 Å². The molecule has 0 spiro atoms. The average molecular weight is 299 g/mol. The first-order valence-corrected chi connectivity index (χ1v) is 7.91. The molecule has 0 radical (unpaired) electrons. The minimum Gasteiger partial charge on any atom is -0.496 e. The van der Waals surface area contributed by atoms with E-state index < -0.39 is 0 Å². The van der Waals surface area contributed by atoms with Crippen LogP contribution < -0.4 is 4.74 Å². The second-order valence-corrected chi connectivity index (χ2v) is 5.97. The van der Waals surface area contributed by atoms with E-state index in [4.69, 9.17) is 15.3 Å². The van der Waals surface area contributed by atoms with Crippen molar-refractivity contribution in [2.24, 2.45) is 0 Å². The first-order valence-electron chi connectivity index (χ1n) is 6.75. The molecule has 0 amide bonds. The number of thioether (sulfide) groups is 1. The van der Waals surface area contributed by atoms with E-state index in [1.165, 1.54) is 0 Å². The number of nitrogens with zero attached hydrogens (tertiary/aromatic N) is 3. The summed E-state index contributed by atoms with van der Waals surface area (Å²) < 4.78 is 5.42. The number of ether oxygens (including phenoxy) is 1. The minimum absolute atomic E-state index is 0.112. The highest BCUT2D eigenvalue weighted by atomic mass is 32.2. The molecule has 1 aliphatic heterocycles. The predicted octanol–water partition coefficient (Wildman–Crippen LogP) is 2.67. The van der Waals surface area contributed by atoms with Gasteiger partial charge < -0.3 is 4.74 Å². The van der Waals surface area contributed by atoms with Crippen LogP contribution in [0.15, 0.2) is 23.8 Å². The Hall–Kier alpha value is -1.95. The van der Waals surface area contributed by atoms with Crippen LogP contribution in [0.3, 0.4) is 0 Å². The first-order chi connectivity index (χ1) is 10.3. The van der Waals surface area contributed by atoms with Gasteiger partial charge in [0.15, 0.2) is 0 Å². The lowest BCUT2D eigenvalue weighted by atomic mass is 10.1. The Morgan fingerprint density at radius 1 is 1.33 bits per heavy atom. The standard InChI is InChI=1S/C16H17N3OS/c1-20-16-3-2-13(8-14(10-17)11-18)9-15(16)12-19-4-6-21-7-5-19/h2-3,8-9H,4-7,12H2,1H3. The molecule has 0 aromatic heterocycles. The summed E-state index contributed by atoms with van der Waals surface area (Å²) >= 11 is 1.98. The third kappa shape index (κ3) is 4.26. The number of rotatable bonds is 4. The molecule has 0 bridgehead atoms. The van der Waals surface area contributed by atoms with E-state index in [9.17, 15) is 0 Å². The van der Waals surface area contributed by atoms with E-state index >= 15 is 0 Å². The Morgan fingerprint density at radius 2 is 2.05 bits per heavy atom. The Kier molecular flexibility index (Phi) is 5.68. The Balaban J connectivity index is 2.24. The lowest BCUT2D eigenvalue weighted by Crippen LogP contribution is -2.32. The molecule has 0 atom stereocenters. The molecule has 0 N–H and O–H groups in total. The fraction of sp³-hybridized carbons (Fsp3) is 0.375. The Bertz CT molecular complexity index is 591. The van der Waals surface area contributed by atoms with Gasteiger partial charge in [-0.2, -0.15) is 22.3 Å². The number of benzene rings is 1. The molecule has 0 saturated carbocycles. The van der Waals surface area contributed by atoms with Gasteiger partial charge in [-0.15, -0.1) is 0 Å².